The number of rotatable bonds is 5. The van der Waals surface area contributed by atoms with E-state index in [0.717, 1.165) is 28.3 Å². The summed E-state index contributed by atoms with van der Waals surface area (Å²) < 4.78 is 10.7. The normalized spacial score (nSPS) is 10.1. The number of benzene rings is 1. The van der Waals surface area contributed by atoms with Crippen molar-refractivity contribution < 1.29 is 9.47 Å². The third kappa shape index (κ3) is 3.16. The highest BCUT2D eigenvalue weighted by Gasteiger charge is 2.08. The summed E-state index contributed by atoms with van der Waals surface area (Å²) in [5.41, 5.74) is 3.16. The Morgan fingerprint density at radius 1 is 1.16 bits per heavy atom. The number of aryl methyl sites for hydroxylation is 1. The van der Waals surface area contributed by atoms with Gasteiger partial charge in [0.2, 0.25) is 0 Å². The molecule has 1 aromatic heterocycles. The Balaban J connectivity index is 2.15. The Hall–Kier alpha value is -2.23. The van der Waals surface area contributed by atoms with Crippen LogP contribution in [0.2, 0.25) is 0 Å². The van der Waals surface area contributed by atoms with Gasteiger partial charge in [0.15, 0.2) is 11.5 Å². The van der Waals surface area contributed by atoms with E-state index < -0.39 is 0 Å². The summed E-state index contributed by atoms with van der Waals surface area (Å²) in [6.07, 6.45) is 3.64. The maximum atomic E-state index is 5.40. The molecule has 2 aromatic rings. The van der Waals surface area contributed by atoms with Gasteiger partial charge in [-0.05, 0) is 24.6 Å². The number of hydrogen-bond donors (Lipinski definition) is 1. The monoisotopic (exact) mass is 258 g/mol. The average Bonchev–Trinajstić information content (AvgIpc) is 2.44. The van der Waals surface area contributed by atoms with Gasteiger partial charge in [-0.2, -0.15) is 0 Å². The first-order valence-electron chi connectivity index (χ1n) is 6.10. The summed E-state index contributed by atoms with van der Waals surface area (Å²) in [6.45, 7) is 2.68. The minimum absolute atomic E-state index is 0.658. The zero-order valence-corrected chi connectivity index (χ0v) is 11.4. The third-order valence-electron chi connectivity index (χ3n) is 2.84. The summed E-state index contributed by atoms with van der Waals surface area (Å²) in [4.78, 5) is 4.15. The van der Waals surface area contributed by atoms with Crippen LogP contribution in [-0.2, 0) is 6.54 Å². The molecule has 0 atom stereocenters. The number of nitrogens with one attached hydrogen (secondary N) is 1. The molecule has 0 saturated carbocycles. The van der Waals surface area contributed by atoms with Gasteiger partial charge in [-0.3, -0.25) is 4.98 Å². The van der Waals surface area contributed by atoms with Gasteiger partial charge in [-0.15, -0.1) is 0 Å². The highest BCUT2D eigenvalue weighted by Crippen LogP contribution is 2.31. The van der Waals surface area contributed by atoms with Crippen LogP contribution in [0.1, 0.15) is 11.1 Å². The fourth-order valence-corrected chi connectivity index (χ4v) is 1.94. The molecule has 1 aromatic carbocycles. The van der Waals surface area contributed by atoms with Crippen LogP contribution < -0.4 is 14.8 Å². The summed E-state index contributed by atoms with van der Waals surface area (Å²) in [5.74, 6) is 1.50. The molecule has 100 valence electrons. The molecule has 19 heavy (non-hydrogen) atoms. The number of anilines is 1. The lowest BCUT2D eigenvalue weighted by Gasteiger charge is -2.13. The molecule has 0 bridgehead atoms. The molecular weight excluding hydrogens is 240 g/mol. The number of pyridine rings is 1. The highest BCUT2D eigenvalue weighted by molar-refractivity contribution is 5.49. The predicted octanol–water partition coefficient (Wildman–Crippen LogP) is 3.02. The first-order chi connectivity index (χ1) is 9.24. The molecule has 0 saturated heterocycles. The average molecular weight is 258 g/mol. The second-order valence-electron chi connectivity index (χ2n) is 4.26. The minimum atomic E-state index is 0.658. The molecule has 4 nitrogen and oxygen atoms in total. The van der Waals surface area contributed by atoms with Gasteiger partial charge in [-0.1, -0.05) is 12.1 Å². The first-order valence-corrected chi connectivity index (χ1v) is 6.10. The van der Waals surface area contributed by atoms with Crippen molar-refractivity contribution in [2.45, 2.75) is 13.5 Å². The molecule has 2 rings (SSSR count). The predicted molar refractivity (Wildman–Crippen MR) is 75.8 cm³/mol. The Morgan fingerprint density at radius 2 is 2.00 bits per heavy atom. The molecule has 0 radical (unpaired) electrons. The Morgan fingerprint density at radius 3 is 2.68 bits per heavy atom. The molecule has 0 aliphatic rings. The fraction of sp³-hybridized carbons (Fsp3) is 0.267. The topological polar surface area (TPSA) is 43.4 Å². The van der Waals surface area contributed by atoms with Crippen molar-refractivity contribution in [3.63, 3.8) is 0 Å². The van der Waals surface area contributed by atoms with Crippen molar-refractivity contribution >= 4 is 5.69 Å². The largest absolute Gasteiger partial charge is 0.493 e. The summed E-state index contributed by atoms with van der Waals surface area (Å²) in [5, 5.41) is 3.33. The second kappa shape index (κ2) is 6.09. The number of ether oxygens (including phenoxy) is 2. The molecule has 1 heterocycles. The minimum Gasteiger partial charge on any atom is -0.493 e. The lowest BCUT2D eigenvalue weighted by Crippen LogP contribution is -2.03. The van der Waals surface area contributed by atoms with Gasteiger partial charge in [-0.25, -0.2) is 0 Å². The molecule has 4 heteroatoms. The van der Waals surface area contributed by atoms with Crippen LogP contribution in [0.5, 0.6) is 11.5 Å². The van der Waals surface area contributed by atoms with Crippen molar-refractivity contribution in [2.24, 2.45) is 0 Å². The summed E-state index contributed by atoms with van der Waals surface area (Å²) in [7, 11) is 3.29. The van der Waals surface area contributed by atoms with Crippen LogP contribution >= 0.6 is 0 Å². The maximum Gasteiger partial charge on any atom is 0.165 e. The van der Waals surface area contributed by atoms with Crippen LogP contribution in [0.4, 0.5) is 5.69 Å². The van der Waals surface area contributed by atoms with E-state index in [1.54, 1.807) is 20.4 Å². The molecule has 0 aliphatic heterocycles. The number of methoxy groups -OCH3 is 2. The van der Waals surface area contributed by atoms with E-state index >= 15 is 0 Å². The van der Waals surface area contributed by atoms with E-state index in [0.29, 0.717) is 6.54 Å². The van der Waals surface area contributed by atoms with Crippen molar-refractivity contribution in [1.29, 1.82) is 0 Å². The van der Waals surface area contributed by atoms with Gasteiger partial charge >= 0.3 is 0 Å². The number of para-hydroxylation sites is 1. The first kappa shape index (κ1) is 13.2. The third-order valence-corrected chi connectivity index (χ3v) is 2.84. The van der Waals surface area contributed by atoms with E-state index in [9.17, 15) is 0 Å². The summed E-state index contributed by atoms with van der Waals surface area (Å²) >= 11 is 0. The number of hydrogen-bond acceptors (Lipinski definition) is 4. The number of aromatic nitrogens is 1. The van der Waals surface area contributed by atoms with E-state index in [2.05, 4.69) is 16.4 Å². The van der Waals surface area contributed by atoms with Crippen molar-refractivity contribution in [1.82, 2.24) is 4.98 Å². The van der Waals surface area contributed by atoms with E-state index in [1.807, 2.05) is 31.3 Å². The van der Waals surface area contributed by atoms with Crippen LogP contribution in [0.3, 0.4) is 0 Å². The second-order valence-corrected chi connectivity index (χ2v) is 4.26. The van der Waals surface area contributed by atoms with Crippen molar-refractivity contribution in [3.05, 3.63) is 47.8 Å². The van der Waals surface area contributed by atoms with Gasteiger partial charge in [0, 0.05) is 24.5 Å². The molecule has 1 N–H and O–H groups in total. The zero-order valence-electron chi connectivity index (χ0n) is 11.4. The number of nitrogens with zero attached hydrogens (tertiary/aromatic N) is 1. The van der Waals surface area contributed by atoms with Gasteiger partial charge in [0.1, 0.15) is 0 Å². The summed E-state index contributed by atoms with van der Waals surface area (Å²) in [6, 6.07) is 7.90. The van der Waals surface area contributed by atoms with Gasteiger partial charge in [0.05, 0.1) is 19.9 Å². The van der Waals surface area contributed by atoms with Crippen LogP contribution in [-0.4, -0.2) is 19.2 Å². The fourth-order valence-electron chi connectivity index (χ4n) is 1.94. The molecule has 0 amide bonds. The molecule has 0 fully saturated rings. The molecule has 0 spiro atoms. The Kier molecular flexibility index (Phi) is 4.23. The van der Waals surface area contributed by atoms with Crippen LogP contribution in [0, 0.1) is 6.92 Å². The standard InChI is InChI=1S/C15H18N2O2/c1-11-7-13(10-16-8-11)17-9-12-5-4-6-14(18-2)15(12)19-3/h4-8,10,17H,9H2,1-3H3. The lowest BCUT2D eigenvalue weighted by molar-refractivity contribution is 0.352. The molecule has 0 aliphatic carbocycles. The lowest BCUT2D eigenvalue weighted by atomic mass is 10.1. The zero-order chi connectivity index (χ0) is 13.7. The molecular formula is C15H18N2O2. The Labute approximate surface area is 113 Å². The van der Waals surface area contributed by atoms with Crippen molar-refractivity contribution in [2.75, 3.05) is 19.5 Å². The highest BCUT2D eigenvalue weighted by atomic mass is 16.5. The maximum absolute atomic E-state index is 5.40. The van der Waals surface area contributed by atoms with Crippen molar-refractivity contribution in [3.8, 4) is 11.5 Å². The SMILES string of the molecule is COc1cccc(CNc2cncc(C)c2)c1OC. The van der Waals surface area contributed by atoms with Crippen LogP contribution in [0.25, 0.3) is 0 Å². The van der Waals surface area contributed by atoms with Gasteiger partial charge < -0.3 is 14.8 Å². The Bertz CT molecular complexity index is 556. The van der Waals surface area contributed by atoms with Crippen LogP contribution in [0.15, 0.2) is 36.7 Å². The van der Waals surface area contributed by atoms with E-state index in [1.165, 1.54) is 0 Å². The van der Waals surface area contributed by atoms with E-state index in [4.69, 9.17) is 9.47 Å². The van der Waals surface area contributed by atoms with Gasteiger partial charge in [0.25, 0.3) is 0 Å². The molecule has 0 unspecified atom stereocenters. The smallest absolute Gasteiger partial charge is 0.165 e. The van der Waals surface area contributed by atoms with E-state index in [-0.39, 0.29) is 0 Å². The quantitative estimate of drug-likeness (QED) is 0.895.